The number of rotatable bonds is 5. The van der Waals surface area contributed by atoms with Crippen molar-refractivity contribution in [3.8, 4) is 0 Å². The van der Waals surface area contributed by atoms with Crippen molar-refractivity contribution in [2.75, 3.05) is 38.0 Å². The van der Waals surface area contributed by atoms with Gasteiger partial charge in [-0.25, -0.2) is 4.98 Å². The smallest absolute Gasteiger partial charge is 0.238 e. The number of piperazine rings is 1. The predicted molar refractivity (Wildman–Crippen MR) is 123 cm³/mol. The number of aryl methyl sites for hydroxylation is 1. The molecule has 0 bridgehead atoms. The highest BCUT2D eigenvalue weighted by molar-refractivity contribution is 6.33. The lowest BCUT2D eigenvalue weighted by Gasteiger charge is -2.34. The number of carbonyl (C=O) groups is 1. The second-order valence-electron chi connectivity index (χ2n) is 7.71. The van der Waals surface area contributed by atoms with Gasteiger partial charge in [-0.15, -0.1) is 0 Å². The first kappa shape index (κ1) is 21.1. The van der Waals surface area contributed by atoms with Gasteiger partial charge in [0.05, 0.1) is 22.8 Å². The van der Waals surface area contributed by atoms with Crippen molar-refractivity contribution in [1.29, 1.82) is 0 Å². The van der Waals surface area contributed by atoms with Crippen LogP contribution in [0.1, 0.15) is 11.1 Å². The summed E-state index contributed by atoms with van der Waals surface area (Å²) in [7, 11) is 0. The van der Waals surface area contributed by atoms with Gasteiger partial charge < -0.3 is 5.32 Å². The fraction of sp³-hybridized carbons (Fsp3) is 0.304. The molecule has 2 aromatic carbocycles. The van der Waals surface area contributed by atoms with Gasteiger partial charge in [0.1, 0.15) is 5.15 Å². The minimum Gasteiger partial charge on any atom is -0.324 e. The summed E-state index contributed by atoms with van der Waals surface area (Å²) >= 11 is 12.6. The molecule has 1 N–H and O–H groups in total. The third kappa shape index (κ3) is 5.10. The Hall–Kier alpha value is -2.18. The van der Waals surface area contributed by atoms with Gasteiger partial charge in [0.2, 0.25) is 5.91 Å². The van der Waals surface area contributed by atoms with Crippen LogP contribution in [0.5, 0.6) is 0 Å². The zero-order chi connectivity index (χ0) is 21.1. The van der Waals surface area contributed by atoms with E-state index in [1.165, 1.54) is 5.56 Å². The number of anilines is 1. The molecule has 30 heavy (non-hydrogen) atoms. The topological polar surface area (TPSA) is 48.5 Å². The van der Waals surface area contributed by atoms with Gasteiger partial charge in [-0.1, -0.05) is 47.5 Å². The Bertz CT molecular complexity index is 1060. The van der Waals surface area contributed by atoms with Crippen LogP contribution in [0, 0.1) is 6.92 Å². The maximum Gasteiger partial charge on any atom is 0.238 e. The molecular weight excluding hydrogens is 419 g/mol. The average molecular weight is 443 g/mol. The first-order valence-electron chi connectivity index (χ1n) is 10.0. The van der Waals surface area contributed by atoms with Crippen molar-refractivity contribution < 1.29 is 4.79 Å². The van der Waals surface area contributed by atoms with Crippen LogP contribution in [0.2, 0.25) is 10.2 Å². The molecule has 0 aliphatic carbocycles. The van der Waals surface area contributed by atoms with E-state index in [2.05, 4.69) is 51.3 Å². The van der Waals surface area contributed by atoms with Crippen LogP contribution in [-0.2, 0) is 11.3 Å². The zero-order valence-electron chi connectivity index (χ0n) is 16.9. The van der Waals surface area contributed by atoms with Crippen molar-refractivity contribution in [3.63, 3.8) is 0 Å². The van der Waals surface area contributed by atoms with Gasteiger partial charge in [0.15, 0.2) is 0 Å². The van der Waals surface area contributed by atoms with E-state index >= 15 is 0 Å². The minimum atomic E-state index is -0.0476. The van der Waals surface area contributed by atoms with Gasteiger partial charge >= 0.3 is 0 Å². The maximum atomic E-state index is 12.3. The molecule has 0 spiro atoms. The van der Waals surface area contributed by atoms with Crippen molar-refractivity contribution >= 4 is 45.7 Å². The molecular formula is C23H24Cl2N4O. The summed E-state index contributed by atoms with van der Waals surface area (Å²) in [6.07, 6.45) is 0. The number of aromatic nitrogens is 1. The van der Waals surface area contributed by atoms with Crippen molar-refractivity contribution in [2.24, 2.45) is 0 Å². The van der Waals surface area contributed by atoms with E-state index in [0.717, 1.165) is 49.2 Å². The molecule has 2 heterocycles. The number of halogens is 2. The molecule has 7 heteroatoms. The lowest BCUT2D eigenvalue weighted by atomic mass is 10.1. The molecule has 1 fully saturated rings. The van der Waals surface area contributed by atoms with E-state index in [9.17, 15) is 4.79 Å². The Morgan fingerprint density at radius 3 is 2.53 bits per heavy atom. The summed E-state index contributed by atoms with van der Waals surface area (Å²) in [5.41, 5.74) is 3.79. The SMILES string of the molecule is Cc1ccc2cc(CN3CCN(CC(=O)Nc4ccccc4Cl)CC3)c(Cl)nc2c1. The van der Waals surface area contributed by atoms with Crippen LogP contribution in [0.15, 0.2) is 48.5 Å². The molecule has 0 unspecified atom stereocenters. The Kier molecular flexibility index (Phi) is 6.54. The molecule has 1 amide bonds. The monoisotopic (exact) mass is 442 g/mol. The number of hydrogen-bond acceptors (Lipinski definition) is 4. The van der Waals surface area contributed by atoms with Crippen LogP contribution in [0.4, 0.5) is 5.69 Å². The van der Waals surface area contributed by atoms with E-state index in [1.54, 1.807) is 12.1 Å². The van der Waals surface area contributed by atoms with E-state index < -0.39 is 0 Å². The van der Waals surface area contributed by atoms with E-state index in [4.69, 9.17) is 23.2 Å². The standard InChI is InChI=1S/C23H24Cl2N4O/c1-16-6-7-17-13-18(23(25)27-21(17)12-16)14-28-8-10-29(11-9-28)15-22(30)26-20-5-3-2-4-19(20)24/h2-7,12-13H,8-11,14-15H2,1H3,(H,26,30). The van der Waals surface area contributed by atoms with Gasteiger partial charge in [0.25, 0.3) is 0 Å². The first-order valence-corrected chi connectivity index (χ1v) is 10.8. The first-order chi connectivity index (χ1) is 14.5. The normalized spacial score (nSPS) is 15.4. The number of para-hydroxylation sites is 1. The summed E-state index contributed by atoms with van der Waals surface area (Å²) < 4.78 is 0. The Balaban J connectivity index is 1.31. The van der Waals surface area contributed by atoms with Crippen molar-refractivity contribution in [1.82, 2.24) is 14.8 Å². The number of pyridine rings is 1. The summed E-state index contributed by atoms with van der Waals surface area (Å²) in [6, 6.07) is 15.6. The molecule has 156 valence electrons. The van der Waals surface area contributed by atoms with Crippen LogP contribution in [0.25, 0.3) is 10.9 Å². The Labute approximate surface area is 186 Å². The number of benzene rings is 2. The zero-order valence-corrected chi connectivity index (χ0v) is 18.4. The summed E-state index contributed by atoms with van der Waals surface area (Å²) in [5, 5.41) is 5.10. The largest absolute Gasteiger partial charge is 0.324 e. The third-order valence-electron chi connectivity index (χ3n) is 5.37. The molecule has 4 rings (SSSR count). The molecule has 1 aliphatic rings. The number of amides is 1. The van der Waals surface area contributed by atoms with E-state index in [1.807, 2.05) is 12.1 Å². The summed E-state index contributed by atoms with van der Waals surface area (Å²) in [4.78, 5) is 21.4. The number of nitrogens with one attached hydrogen (secondary N) is 1. The second-order valence-corrected chi connectivity index (χ2v) is 8.48. The van der Waals surface area contributed by atoms with Gasteiger partial charge in [-0.05, 0) is 36.8 Å². The summed E-state index contributed by atoms with van der Waals surface area (Å²) in [6.45, 7) is 6.58. The molecule has 0 saturated carbocycles. The number of hydrogen-bond donors (Lipinski definition) is 1. The highest BCUT2D eigenvalue weighted by Crippen LogP contribution is 2.23. The van der Waals surface area contributed by atoms with Crippen molar-refractivity contribution in [2.45, 2.75) is 13.5 Å². The van der Waals surface area contributed by atoms with E-state index in [0.29, 0.717) is 22.4 Å². The molecule has 3 aromatic rings. The molecule has 0 radical (unpaired) electrons. The Morgan fingerprint density at radius 2 is 1.77 bits per heavy atom. The number of nitrogens with zero attached hydrogens (tertiary/aromatic N) is 3. The van der Waals surface area contributed by atoms with Gasteiger partial charge in [-0.2, -0.15) is 0 Å². The average Bonchev–Trinajstić information content (AvgIpc) is 2.72. The lowest BCUT2D eigenvalue weighted by Crippen LogP contribution is -2.48. The van der Waals surface area contributed by atoms with Gasteiger partial charge in [-0.3, -0.25) is 14.6 Å². The second kappa shape index (κ2) is 9.31. The lowest BCUT2D eigenvalue weighted by molar-refractivity contribution is -0.117. The highest BCUT2D eigenvalue weighted by Gasteiger charge is 2.20. The van der Waals surface area contributed by atoms with Crippen LogP contribution in [-0.4, -0.2) is 53.4 Å². The molecule has 1 saturated heterocycles. The minimum absolute atomic E-state index is 0.0476. The number of fused-ring (bicyclic) bond motifs is 1. The molecule has 0 atom stereocenters. The Morgan fingerprint density at radius 1 is 1.03 bits per heavy atom. The van der Waals surface area contributed by atoms with Crippen LogP contribution < -0.4 is 5.32 Å². The summed E-state index contributed by atoms with van der Waals surface area (Å²) in [5.74, 6) is -0.0476. The van der Waals surface area contributed by atoms with Crippen LogP contribution >= 0.6 is 23.2 Å². The fourth-order valence-electron chi connectivity index (χ4n) is 3.71. The highest BCUT2D eigenvalue weighted by atomic mass is 35.5. The maximum absolute atomic E-state index is 12.3. The molecule has 5 nitrogen and oxygen atoms in total. The fourth-order valence-corrected chi connectivity index (χ4v) is 4.10. The quantitative estimate of drug-likeness (QED) is 0.586. The number of carbonyl (C=O) groups excluding carboxylic acids is 1. The van der Waals surface area contributed by atoms with Gasteiger partial charge in [0, 0.05) is 43.7 Å². The van der Waals surface area contributed by atoms with Crippen molar-refractivity contribution in [3.05, 3.63) is 69.8 Å². The van der Waals surface area contributed by atoms with E-state index in [-0.39, 0.29) is 5.91 Å². The van der Waals surface area contributed by atoms with Crippen LogP contribution in [0.3, 0.4) is 0 Å². The predicted octanol–water partition coefficient (Wildman–Crippen LogP) is 4.61. The third-order valence-corrected chi connectivity index (χ3v) is 6.03. The molecule has 1 aromatic heterocycles. The molecule has 1 aliphatic heterocycles.